The monoisotopic (exact) mass is 352 g/mol. The van der Waals surface area contributed by atoms with Crippen LogP contribution >= 0.6 is 12.2 Å². The number of likely N-dealkylation sites (tertiary alicyclic amines) is 1. The van der Waals surface area contributed by atoms with Gasteiger partial charge in [0.05, 0.1) is 39.0 Å². The van der Waals surface area contributed by atoms with Gasteiger partial charge in [0.1, 0.15) is 11.5 Å². The number of piperidine rings is 1. The van der Waals surface area contributed by atoms with E-state index < -0.39 is 0 Å². The standard InChI is InChI=1S/C16H21N3O4S/c1-21-12-3-4-13(14(9-12)22-2)15-17-19(16(24)23-15)10-18-7-5-11(20)6-8-18/h3-4,9,11,20H,5-8,10H2,1-2H3/p+1. The molecule has 1 aliphatic rings. The molecule has 0 atom stereocenters. The molecule has 3 rings (SSSR count). The van der Waals surface area contributed by atoms with E-state index in [9.17, 15) is 5.11 Å². The number of aromatic nitrogens is 2. The third-order valence-corrected chi connectivity index (χ3v) is 4.58. The van der Waals surface area contributed by atoms with Crippen LogP contribution in [0.4, 0.5) is 0 Å². The van der Waals surface area contributed by atoms with Crippen molar-refractivity contribution in [2.75, 3.05) is 27.3 Å². The summed E-state index contributed by atoms with van der Waals surface area (Å²) in [6.07, 6.45) is 1.43. The van der Waals surface area contributed by atoms with Crippen LogP contribution in [-0.4, -0.2) is 48.3 Å². The zero-order valence-corrected chi connectivity index (χ0v) is 14.6. The molecule has 0 radical (unpaired) electrons. The van der Waals surface area contributed by atoms with Crippen LogP contribution in [0.3, 0.4) is 0 Å². The second-order valence-corrected chi connectivity index (χ2v) is 6.23. The van der Waals surface area contributed by atoms with Crippen LogP contribution in [0, 0.1) is 4.84 Å². The number of nitrogens with zero attached hydrogens (tertiary/aromatic N) is 2. The van der Waals surface area contributed by atoms with Gasteiger partial charge in [0, 0.05) is 18.9 Å². The molecular weight excluding hydrogens is 330 g/mol. The van der Waals surface area contributed by atoms with Crippen molar-refractivity contribution in [2.45, 2.75) is 25.6 Å². The first-order valence-electron chi connectivity index (χ1n) is 7.92. The first-order valence-corrected chi connectivity index (χ1v) is 8.33. The van der Waals surface area contributed by atoms with E-state index in [-0.39, 0.29) is 6.10 Å². The lowest BCUT2D eigenvalue weighted by Crippen LogP contribution is -3.12. The van der Waals surface area contributed by atoms with Gasteiger partial charge in [-0.1, -0.05) is 0 Å². The van der Waals surface area contributed by atoms with E-state index in [0.29, 0.717) is 28.9 Å². The van der Waals surface area contributed by atoms with Crippen LogP contribution in [0.15, 0.2) is 22.6 Å². The van der Waals surface area contributed by atoms with E-state index in [1.807, 2.05) is 12.1 Å². The number of aliphatic hydroxyl groups is 1. The van der Waals surface area contributed by atoms with Crippen molar-refractivity contribution in [2.24, 2.45) is 0 Å². The molecule has 7 nitrogen and oxygen atoms in total. The Labute approximate surface area is 145 Å². The van der Waals surface area contributed by atoms with Gasteiger partial charge >= 0.3 is 0 Å². The SMILES string of the molecule is COc1ccc(-c2nn(C[NH+]3CCC(O)CC3)c(=S)o2)c(OC)c1. The Morgan fingerprint density at radius 3 is 2.75 bits per heavy atom. The van der Waals surface area contributed by atoms with Crippen LogP contribution in [0.25, 0.3) is 11.5 Å². The predicted octanol–water partition coefficient (Wildman–Crippen LogP) is 0.887. The van der Waals surface area contributed by atoms with Gasteiger partial charge in [-0.3, -0.25) is 0 Å². The summed E-state index contributed by atoms with van der Waals surface area (Å²) in [7, 11) is 3.19. The molecular formula is C16H22N3O4S+. The summed E-state index contributed by atoms with van der Waals surface area (Å²) in [5.74, 6) is 1.74. The van der Waals surface area contributed by atoms with Gasteiger partial charge in [0.25, 0.3) is 10.7 Å². The number of rotatable bonds is 5. The molecule has 2 aromatic rings. The molecule has 130 valence electrons. The van der Waals surface area contributed by atoms with E-state index in [0.717, 1.165) is 31.5 Å². The lowest BCUT2D eigenvalue weighted by atomic mass is 10.1. The normalized spacial score (nSPS) is 20.8. The number of hydrogen-bond donors (Lipinski definition) is 2. The van der Waals surface area contributed by atoms with Gasteiger partial charge in [0.15, 0.2) is 6.67 Å². The average Bonchev–Trinajstić information content (AvgIpc) is 2.96. The quantitative estimate of drug-likeness (QED) is 0.779. The maximum atomic E-state index is 9.60. The van der Waals surface area contributed by atoms with Crippen molar-refractivity contribution >= 4 is 12.2 Å². The average molecular weight is 352 g/mol. The molecule has 1 aromatic carbocycles. The first-order chi connectivity index (χ1) is 11.6. The lowest BCUT2D eigenvalue weighted by molar-refractivity contribution is -0.929. The summed E-state index contributed by atoms with van der Waals surface area (Å²) in [5, 5.41) is 14.1. The third-order valence-electron chi connectivity index (χ3n) is 4.28. The van der Waals surface area contributed by atoms with Gasteiger partial charge in [-0.25, -0.2) is 0 Å². The fourth-order valence-electron chi connectivity index (χ4n) is 2.87. The zero-order chi connectivity index (χ0) is 17.1. The molecule has 1 fully saturated rings. The molecule has 1 aliphatic heterocycles. The number of ether oxygens (including phenoxy) is 2. The fourth-order valence-corrected chi connectivity index (χ4v) is 3.06. The van der Waals surface area contributed by atoms with Crippen molar-refractivity contribution in [3.05, 3.63) is 23.0 Å². The van der Waals surface area contributed by atoms with Gasteiger partial charge in [-0.05, 0) is 24.4 Å². The van der Waals surface area contributed by atoms with Crippen molar-refractivity contribution in [3.63, 3.8) is 0 Å². The molecule has 24 heavy (non-hydrogen) atoms. The number of benzene rings is 1. The fraction of sp³-hybridized carbons (Fsp3) is 0.500. The van der Waals surface area contributed by atoms with Crippen LogP contribution < -0.4 is 14.4 Å². The minimum Gasteiger partial charge on any atom is -0.497 e. The van der Waals surface area contributed by atoms with Crippen LogP contribution in [-0.2, 0) is 6.67 Å². The summed E-state index contributed by atoms with van der Waals surface area (Å²) < 4.78 is 18.0. The Hall–Kier alpha value is -1.90. The molecule has 2 heterocycles. The van der Waals surface area contributed by atoms with E-state index in [4.69, 9.17) is 26.1 Å². The predicted molar refractivity (Wildman–Crippen MR) is 89.8 cm³/mol. The molecule has 8 heteroatoms. The molecule has 0 saturated carbocycles. The molecule has 0 bridgehead atoms. The molecule has 0 unspecified atom stereocenters. The topological polar surface area (TPSA) is 74.1 Å². The maximum Gasteiger partial charge on any atom is 0.292 e. The molecule has 2 N–H and O–H groups in total. The highest BCUT2D eigenvalue weighted by Gasteiger charge is 2.22. The van der Waals surface area contributed by atoms with Gasteiger partial charge in [-0.15, -0.1) is 5.10 Å². The van der Waals surface area contributed by atoms with Crippen molar-refractivity contribution in [1.29, 1.82) is 0 Å². The van der Waals surface area contributed by atoms with Gasteiger partial charge < -0.3 is 23.9 Å². The van der Waals surface area contributed by atoms with Gasteiger partial charge in [0.2, 0.25) is 0 Å². The van der Waals surface area contributed by atoms with Crippen LogP contribution in [0.1, 0.15) is 12.8 Å². The molecule has 0 spiro atoms. The van der Waals surface area contributed by atoms with Crippen LogP contribution in [0.5, 0.6) is 11.5 Å². The second-order valence-electron chi connectivity index (χ2n) is 5.88. The van der Waals surface area contributed by atoms with Crippen LogP contribution in [0.2, 0.25) is 0 Å². The van der Waals surface area contributed by atoms with E-state index >= 15 is 0 Å². The van der Waals surface area contributed by atoms with E-state index in [1.165, 1.54) is 4.90 Å². The largest absolute Gasteiger partial charge is 0.497 e. The van der Waals surface area contributed by atoms with E-state index in [2.05, 4.69) is 5.10 Å². The highest BCUT2D eigenvalue weighted by Crippen LogP contribution is 2.32. The summed E-state index contributed by atoms with van der Waals surface area (Å²) in [6, 6.07) is 5.45. The minimum absolute atomic E-state index is 0.182. The van der Waals surface area contributed by atoms with Gasteiger partial charge in [-0.2, -0.15) is 4.68 Å². The lowest BCUT2D eigenvalue weighted by Gasteiger charge is -2.25. The van der Waals surface area contributed by atoms with E-state index in [1.54, 1.807) is 25.0 Å². The smallest absolute Gasteiger partial charge is 0.292 e. The first kappa shape index (κ1) is 16.9. The summed E-state index contributed by atoms with van der Waals surface area (Å²) in [4.78, 5) is 1.67. The highest BCUT2D eigenvalue weighted by molar-refractivity contribution is 7.71. The number of aliphatic hydroxyl groups excluding tert-OH is 1. The summed E-state index contributed by atoms with van der Waals surface area (Å²) in [6.45, 7) is 2.43. The highest BCUT2D eigenvalue weighted by atomic mass is 32.1. The zero-order valence-electron chi connectivity index (χ0n) is 13.8. The maximum absolute atomic E-state index is 9.60. The summed E-state index contributed by atoms with van der Waals surface area (Å²) in [5.41, 5.74) is 0.729. The number of hydrogen-bond acceptors (Lipinski definition) is 6. The van der Waals surface area contributed by atoms with Crippen molar-refractivity contribution in [3.8, 4) is 23.0 Å². The number of methoxy groups -OCH3 is 2. The molecule has 0 aliphatic carbocycles. The van der Waals surface area contributed by atoms with Crippen molar-refractivity contribution < 1.29 is 23.9 Å². The third kappa shape index (κ3) is 3.61. The Morgan fingerprint density at radius 1 is 1.33 bits per heavy atom. The molecule has 1 saturated heterocycles. The number of quaternary nitrogens is 1. The molecule has 1 aromatic heterocycles. The second kappa shape index (κ2) is 7.33. The Morgan fingerprint density at radius 2 is 2.08 bits per heavy atom. The minimum atomic E-state index is -0.182. The summed E-state index contributed by atoms with van der Waals surface area (Å²) >= 11 is 5.30. The Bertz CT molecular complexity index is 750. The Kier molecular flexibility index (Phi) is 5.17. The number of nitrogens with one attached hydrogen (secondary N) is 1. The Balaban J connectivity index is 1.82. The van der Waals surface area contributed by atoms with Crippen molar-refractivity contribution in [1.82, 2.24) is 9.78 Å². The molecule has 0 amide bonds.